The number of nitrogens with one attached hydrogen (secondary N) is 4. The summed E-state index contributed by atoms with van der Waals surface area (Å²) in [6.45, 7) is 1.77. The smallest absolute Gasteiger partial charge is 0.323 e. The van der Waals surface area contributed by atoms with Crippen LogP contribution in [-0.4, -0.2) is 24.5 Å². The van der Waals surface area contributed by atoms with Crippen LogP contribution >= 0.6 is 0 Å². The molecule has 0 fully saturated rings. The fourth-order valence-electron chi connectivity index (χ4n) is 3.06. The molecule has 0 radical (unpaired) electrons. The van der Waals surface area contributed by atoms with E-state index in [1.165, 1.54) is 0 Å². The van der Waals surface area contributed by atoms with Crippen LogP contribution in [0.5, 0.6) is 5.75 Å². The van der Waals surface area contributed by atoms with Crippen molar-refractivity contribution in [3.63, 3.8) is 0 Å². The largest absolute Gasteiger partial charge is 0.482 e. The lowest BCUT2D eigenvalue weighted by Gasteiger charge is -2.18. The SMILES string of the molecule is Cc1ccc(NC(=O)Nc2ccccc2)cc1NC(=O)c1ccc2c(c1)OCC(=O)N2. The molecule has 0 spiro atoms. The van der Waals surface area contributed by atoms with Gasteiger partial charge in [0.2, 0.25) is 0 Å². The van der Waals surface area contributed by atoms with E-state index in [0.717, 1.165) is 5.56 Å². The van der Waals surface area contributed by atoms with E-state index in [0.29, 0.717) is 34.1 Å². The van der Waals surface area contributed by atoms with Crippen LogP contribution in [0.2, 0.25) is 0 Å². The molecule has 0 aliphatic carbocycles. The van der Waals surface area contributed by atoms with Crippen LogP contribution in [0.25, 0.3) is 0 Å². The van der Waals surface area contributed by atoms with E-state index in [4.69, 9.17) is 4.74 Å². The number of urea groups is 1. The maximum absolute atomic E-state index is 12.7. The summed E-state index contributed by atoms with van der Waals surface area (Å²) < 4.78 is 5.37. The molecule has 8 heteroatoms. The lowest BCUT2D eigenvalue weighted by Crippen LogP contribution is -2.25. The first kappa shape index (κ1) is 20.0. The van der Waals surface area contributed by atoms with Crippen molar-refractivity contribution < 1.29 is 19.1 Å². The maximum Gasteiger partial charge on any atom is 0.323 e. The highest BCUT2D eigenvalue weighted by Gasteiger charge is 2.18. The number of hydrogen-bond acceptors (Lipinski definition) is 4. The van der Waals surface area contributed by atoms with Crippen molar-refractivity contribution >= 4 is 40.6 Å². The summed E-state index contributed by atoms with van der Waals surface area (Å²) >= 11 is 0. The van der Waals surface area contributed by atoms with Gasteiger partial charge in [0.1, 0.15) is 5.75 Å². The minimum Gasteiger partial charge on any atom is -0.482 e. The zero-order valence-electron chi connectivity index (χ0n) is 16.7. The van der Waals surface area contributed by atoms with Crippen LogP contribution < -0.4 is 26.0 Å². The first-order chi connectivity index (χ1) is 15.0. The summed E-state index contributed by atoms with van der Waals surface area (Å²) in [5, 5.41) is 11.0. The van der Waals surface area contributed by atoms with E-state index in [1.54, 1.807) is 48.5 Å². The quantitative estimate of drug-likeness (QED) is 0.511. The Labute approximate surface area is 178 Å². The fraction of sp³-hybridized carbons (Fsp3) is 0.0870. The molecular formula is C23H20N4O4. The number of benzene rings is 3. The zero-order valence-corrected chi connectivity index (χ0v) is 16.7. The molecule has 0 atom stereocenters. The third kappa shape index (κ3) is 4.81. The van der Waals surface area contributed by atoms with Gasteiger partial charge >= 0.3 is 6.03 Å². The number of anilines is 4. The van der Waals surface area contributed by atoms with Crippen LogP contribution in [0.4, 0.5) is 27.5 Å². The van der Waals surface area contributed by atoms with Gasteiger partial charge in [-0.15, -0.1) is 0 Å². The first-order valence-corrected chi connectivity index (χ1v) is 9.60. The monoisotopic (exact) mass is 416 g/mol. The summed E-state index contributed by atoms with van der Waals surface area (Å²) in [5.74, 6) is -0.129. The third-order valence-electron chi connectivity index (χ3n) is 4.65. The van der Waals surface area contributed by atoms with Crippen LogP contribution in [0.15, 0.2) is 66.7 Å². The van der Waals surface area contributed by atoms with E-state index in [2.05, 4.69) is 21.3 Å². The van der Waals surface area contributed by atoms with E-state index < -0.39 is 0 Å². The number of rotatable bonds is 4. The molecule has 1 heterocycles. The van der Waals surface area contributed by atoms with Crippen molar-refractivity contribution in [3.8, 4) is 5.75 Å². The molecule has 1 aliphatic rings. The van der Waals surface area contributed by atoms with Crippen LogP contribution in [-0.2, 0) is 4.79 Å². The predicted octanol–water partition coefficient (Wildman–Crippen LogP) is 4.22. The zero-order chi connectivity index (χ0) is 21.8. The molecule has 31 heavy (non-hydrogen) atoms. The number of carbonyl (C=O) groups is 3. The molecular weight excluding hydrogens is 396 g/mol. The molecule has 3 aromatic carbocycles. The highest BCUT2D eigenvalue weighted by Crippen LogP contribution is 2.29. The number of carbonyl (C=O) groups excluding carboxylic acids is 3. The molecule has 156 valence electrons. The van der Waals surface area contributed by atoms with Crippen molar-refractivity contribution in [1.29, 1.82) is 0 Å². The van der Waals surface area contributed by atoms with Gasteiger partial charge in [0, 0.05) is 22.6 Å². The molecule has 4 N–H and O–H groups in total. The van der Waals surface area contributed by atoms with Crippen molar-refractivity contribution in [2.45, 2.75) is 6.92 Å². The number of amides is 4. The van der Waals surface area contributed by atoms with Crippen molar-refractivity contribution in [1.82, 2.24) is 0 Å². The number of aryl methyl sites for hydroxylation is 1. The molecule has 0 unspecified atom stereocenters. The van der Waals surface area contributed by atoms with E-state index in [-0.39, 0.29) is 24.5 Å². The van der Waals surface area contributed by atoms with Gasteiger partial charge in [0.05, 0.1) is 5.69 Å². The molecule has 0 saturated carbocycles. The molecule has 8 nitrogen and oxygen atoms in total. The molecule has 1 aliphatic heterocycles. The molecule has 4 rings (SSSR count). The lowest BCUT2D eigenvalue weighted by molar-refractivity contribution is -0.118. The molecule has 0 saturated heterocycles. The van der Waals surface area contributed by atoms with Gasteiger partial charge < -0.3 is 26.0 Å². The van der Waals surface area contributed by atoms with E-state index >= 15 is 0 Å². The Morgan fingerprint density at radius 2 is 1.68 bits per heavy atom. The minimum atomic E-state index is -0.388. The fourth-order valence-corrected chi connectivity index (χ4v) is 3.06. The molecule has 3 aromatic rings. The summed E-state index contributed by atoms with van der Waals surface area (Å²) in [7, 11) is 0. The Kier molecular flexibility index (Phi) is 5.53. The summed E-state index contributed by atoms with van der Waals surface area (Å²) in [6, 6.07) is 18.8. The predicted molar refractivity (Wildman–Crippen MR) is 119 cm³/mol. The van der Waals surface area contributed by atoms with Gasteiger partial charge in [0.25, 0.3) is 11.8 Å². The van der Waals surface area contributed by atoms with Gasteiger partial charge in [-0.05, 0) is 55.0 Å². The van der Waals surface area contributed by atoms with Gasteiger partial charge in [-0.1, -0.05) is 24.3 Å². The van der Waals surface area contributed by atoms with Crippen LogP contribution in [0.3, 0.4) is 0 Å². The second-order valence-electron chi connectivity index (χ2n) is 6.98. The molecule has 4 amide bonds. The second-order valence-corrected chi connectivity index (χ2v) is 6.98. The summed E-state index contributed by atoms with van der Waals surface area (Å²) in [6.07, 6.45) is 0. The van der Waals surface area contributed by atoms with E-state index in [9.17, 15) is 14.4 Å². The molecule has 0 bridgehead atoms. The normalized spacial score (nSPS) is 12.1. The Hall–Kier alpha value is -4.33. The Balaban J connectivity index is 1.45. The highest BCUT2D eigenvalue weighted by atomic mass is 16.5. The maximum atomic E-state index is 12.7. The topological polar surface area (TPSA) is 109 Å². The Morgan fingerprint density at radius 3 is 2.48 bits per heavy atom. The summed E-state index contributed by atoms with van der Waals surface area (Å²) in [4.78, 5) is 36.3. The van der Waals surface area contributed by atoms with Crippen molar-refractivity contribution in [3.05, 3.63) is 77.9 Å². The van der Waals surface area contributed by atoms with E-state index in [1.807, 2.05) is 25.1 Å². The number of para-hydroxylation sites is 1. The molecule has 0 aromatic heterocycles. The van der Waals surface area contributed by atoms with Gasteiger partial charge in [-0.3, -0.25) is 9.59 Å². The van der Waals surface area contributed by atoms with Crippen LogP contribution in [0.1, 0.15) is 15.9 Å². The number of fused-ring (bicyclic) bond motifs is 1. The van der Waals surface area contributed by atoms with Gasteiger partial charge in [0.15, 0.2) is 6.61 Å². The minimum absolute atomic E-state index is 0.0874. The third-order valence-corrected chi connectivity index (χ3v) is 4.65. The standard InChI is InChI=1S/C23H20N4O4/c1-14-7-9-17(25-23(30)24-16-5-3-2-4-6-16)12-19(14)27-22(29)15-8-10-18-20(11-15)31-13-21(28)26-18/h2-12H,13H2,1H3,(H,26,28)(H,27,29)(H2,24,25,30). The average molecular weight is 416 g/mol. The van der Waals surface area contributed by atoms with Crippen LogP contribution in [0, 0.1) is 6.92 Å². The Bertz CT molecular complexity index is 1160. The second kappa shape index (κ2) is 8.58. The van der Waals surface area contributed by atoms with Gasteiger partial charge in [-0.2, -0.15) is 0 Å². The highest BCUT2D eigenvalue weighted by molar-refractivity contribution is 6.06. The first-order valence-electron chi connectivity index (χ1n) is 9.60. The lowest BCUT2D eigenvalue weighted by atomic mass is 10.1. The van der Waals surface area contributed by atoms with Crippen molar-refractivity contribution in [2.24, 2.45) is 0 Å². The van der Waals surface area contributed by atoms with Crippen molar-refractivity contribution in [2.75, 3.05) is 27.9 Å². The number of hydrogen-bond donors (Lipinski definition) is 4. The van der Waals surface area contributed by atoms with Gasteiger partial charge in [-0.25, -0.2) is 4.79 Å². The number of ether oxygens (including phenoxy) is 1. The summed E-state index contributed by atoms with van der Waals surface area (Å²) in [5.41, 5.74) is 3.52. The average Bonchev–Trinajstić information content (AvgIpc) is 2.76. The Morgan fingerprint density at radius 1 is 0.903 bits per heavy atom.